The maximum absolute atomic E-state index is 11.8. The van der Waals surface area contributed by atoms with Gasteiger partial charge in [0.1, 0.15) is 0 Å². The zero-order valence-corrected chi connectivity index (χ0v) is 51.2. The molecule has 0 N–H and O–H groups in total. The maximum atomic E-state index is 11.8. The summed E-state index contributed by atoms with van der Waals surface area (Å²) in [6.45, 7) is 23.5. The van der Waals surface area contributed by atoms with E-state index in [1.54, 1.807) is 110 Å². The third-order valence-corrected chi connectivity index (χ3v) is 13.2. The Kier molecular flexibility index (Phi) is 26.4. The summed E-state index contributed by atoms with van der Waals surface area (Å²) in [6, 6.07) is 40.7. The van der Waals surface area contributed by atoms with Gasteiger partial charge in [-0.1, -0.05) is 146 Å². The number of nitrogens with zero attached hydrogens (tertiary/aromatic N) is 6. The Labute approximate surface area is 487 Å². The molecule has 0 amide bonds. The van der Waals surface area contributed by atoms with Crippen molar-refractivity contribution >= 4 is 37.3 Å². The third kappa shape index (κ3) is 19.7. The summed E-state index contributed by atoms with van der Waals surface area (Å²) in [6.07, 6.45) is 9.59. The first kappa shape index (κ1) is 67.2. The van der Waals surface area contributed by atoms with Crippen molar-refractivity contribution in [3.63, 3.8) is 0 Å². The first-order valence-corrected chi connectivity index (χ1v) is 23.6. The fourth-order valence-electron chi connectivity index (χ4n) is 5.86. The summed E-state index contributed by atoms with van der Waals surface area (Å²) in [5, 5.41) is 70.7. The first-order chi connectivity index (χ1) is 33.7. The molecule has 0 saturated heterocycles. The number of aliphatic imine (C=N–C) groups is 6. The molecule has 0 radical (unpaired) electrons. The van der Waals surface area contributed by atoms with E-state index in [1.165, 1.54) is 36.4 Å². The molecular weight excluding hydrogens is 1490 g/mol. The van der Waals surface area contributed by atoms with Crippen LogP contribution in [0.4, 0.5) is 0 Å². The van der Waals surface area contributed by atoms with Crippen molar-refractivity contribution in [1.82, 2.24) is 0 Å². The van der Waals surface area contributed by atoms with E-state index in [2.05, 4.69) is 30.0 Å². The molecule has 6 aromatic carbocycles. The van der Waals surface area contributed by atoms with Crippen LogP contribution in [0.3, 0.4) is 0 Å². The maximum Gasteiger partial charge on any atom is 2.00 e. The van der Waals surface area contributed by atoms with Crippen LogP contribution < -0.4 is 30.6 Å². The summed E-state index contributed by atoms with van der Waals surface area (Å²) in [4.78, 5) is 27.5. The fraction of sp³-hybridized carbons (Fsp3) is 0.300. The molecule has 0 heterocycles. The van der Waals surface area contributed by atoms with Crippen molar-refractivity contribution in [2.24, 2.45) is 30.0 Å². The molecule has 75 heavy (non-hydrogen) atoms. The minimum atomic E-state index is -0.552. The Balaban J connectivity index is 0.000000551. The van der Waals surface area contributed by atoms with Gasteiger partial charge in [-0.2, -0.15) is 0 Å². The van der Waals surface area contributed by atoms with E-state index in [-0.39, 0.29) is 97.7 Å². The predicted molar refractivity (Wildman–Crippen MR) is 285 cm³/mol. The fourth-order valence-corrected chi connectivity index (χ4v) is 5.86. The Morgan fingerprint density at radius 2 is 0.333 bits per heavy atom. The van der Waals surface area contributed by atoms with Crippen molar-refractivity contribution in [2.75, 3.05) is 0 Å². The van der Waals surface area contributed by atoms with E-state index >= 15 is 0 Å². The second-order valence-corrected chi connectivity index (χ2v) is 20.1. The molecule has 0 saturated carbocycles. The predicted octanol–water partition coefficient (Wildman–Crippen LogP) is 8.78. The Hall–Kier alpha value is -5.80. The van der Waals surface area contributed by atoms with E-state index < -0.39 is 33.2 Å². The van der Waals surface area contributed by atoms with Crippen LogP contribution in [-0.2, 0) is 63.2 Å². The largest absolute Gasteiger partial charge is 2.00 e. The van der Waals surface area contributed by atoms with Gasteiger partial charge in [0.2, 0.25) is 0 Å². The van der Waals surface area contributed by atoms with E-state index in [0.717, 1.165) is 0 Å². The van der Waals surface area contributed by atoms with Gasteiger partial charge < -0.3 is 30.6 Å². The Morgan fingerprint density at radius 1 is 0.227 bits per heavy atom. The quantitative estimate of drug-likeness (QED) is 0.0916. The molecule has 0 aliphatic rings. The standard InChI is InChI=1S/3C20H24N2O2.3Pt/c3*1-19(2,21-13-15-9-5-7-11-17(15)23)20(3,4)22-14-16-10-6-8-12-18(16)24;;;/h3*5-14,23-24H,1-4H3;;;/q;;;3*+2/p-6. The molecule has 0 spiro atoms. The molecule has 15 heteroatoms. The number of benzene rings is 6. The van der Waals surface area contributed by atoms with Crippen LogP contribution >= 0.6 is 0 Å². The summed E-state index contributed by atoms with van der Waals surface area (Å²) in [7, 11) is 0. The van der Waals surface area contributed by atoms with Gasteiger partial charge in [0.05, 0.1) is 33.2 Å². The van der Waals surface area contributed by atoms with Gasteiger partial charge in [-0.05, 0) is 116 Å². The molecule has 12 nitrogen and oxygen atoms in total. The van der Waals surface area contributed by atoms with Gasteiger partial charge in [-0.25, -0.2) is 0 Å². The van der Waals surface area contributed by atoms with Gasteiger partial charge in [0, 0.05) is 37.3 Å². The molecule has 0 aliphatic carbocycles. The summed E-state index contributed by atoms with van der Waals surface area (Å²) < 4.78 is 0. The second-order valence-electron chi connectivity index (χ2n) is 20.1. The van der Waals surface area contributed by atoms with Crippen LogP contribution in [-0.4, -0.2) is 70.5 Å². The zero-order chi connectivity index (χ0) is 53.4. The molecule has 402 valence electrons. The summed E-state index contributed by atoms with van der Waals surface area (Å²) in [5.74, 6) is -0.341. The minimum absolute atomic E-state index is 0. The number of hydrogen-bond acceptors (Lipinski definition) is 12. The van der Waals surface area contributed by atoms with Crippen LogP contribution in [0.25, 0.3) is 0 Å². The molecule has 0 unspecified atom stereocenters. The van der Waals surface area contributed by atoms with E-state index in [1.807, 2.05) is 119 Å². The summed E-state index contributed by atoms with van der Waals surface area (Å²) in [5.41, 5.74) is -0.00486. The SMILES string of the molecule is CC(C)(N=Cc1ccccc1[O-])C(C)(C)N=Cc1ccccc1[O-].CC(C)(N=Cc1ccccc1[O-])C(C)(C)N=Cc1ccccc1[O-].CC(C)(N=Cc1ccccc1[O-])C(C)(C)N=Cc1ccccc1[O-].[Pt+2].[Pt+2].[Pt+2]. The van der Waals surface area contributed by atoms with Gasteiger partial charge in [-0.3, -0.25) is 30.0 Å². The van der Waals surface area contributed by atoms with E-state index in [0.29, 0.717) is 33.4 Å². The minimum Gasteiger partial charge on any atom is -0.872 e. The van der Waals surface area contributed by atoms with Gasteiger partial charge in [-0.15, -0.1) is 34.5 Å². The smallest absolute Gasteiger partial charge is 0.872 e. The van der Waals surface area contributed by atoms with Crippen molar-refractivity contribution in [3.05, 3.63) is 179 Å². The third-order valence-electron chi connectivity index (χ3n) is 13.2. The average molecular weight is 1550 g/mol. The second kappa shape index (κ2) is 29.5. The number of hydrogen-bond donors (Lipinski definition) is 0. The normalized spacial score (nSPS) is 12.5. The number of para-hydroxylation sites is 6. The topological polar surface area (TPSA) is 213 Å². The van der Waals surface area contributed by atoms with Crippen molar-refractivity contribution in [2.45, 2.75) is 116 Å². The first-order valence-electron chi connectivity index (χ1n) is 23.6. The molecule has 6 aromatic rings. The van der Waals surface area contributed by atoms with Gasteiger partial charge in [0.25, 0.3) is 0 Å². The monoisotopic (exact) mass is 1550 g/mol. The molecule has 6 rings (SSSR count). The van der Waals surface area contributed by atoms with Gasteiger partial charge in [0.15, 0.2) is 0 Å². The molecule has 0 fully saturated rings. The molecule has 0 aliphatic heterocycles. The zero-order valence-electron chi connectivity index (χ0n) is 44.4. The molecule has 0 bridgehead atoms. The van der Waals surface area contributed by atoms with Crippen molar-refractivity contribution in [3.8, 4) is 34.5 Å². The number of rotatable bonds is 15. The van der Waals surface area contributed by atoms with Gasteiger partial charge >= 0.3 is 63.2 Å². The molecule has 0 aromatic heterocycles. The van der Waals surface area contributed by atoms with Crippen LogP contribution in [0.1, 0.15) is 116 Å². The van der Waals surface area contributed by atoms with E-state index in [4.69, 9.17) is 0 Å². The van der Waals surface area contributed by atoms with Crippen LogP contribution in [0, 0.1) is 0 Å². The Bertz CT molecular complexity index is 2420. The van der Waals surface area contributed by atoms with Crippen LogP contribution in [0.15, 0.2) is 176 Å². The van der Waals surface area contributed by atoms with Crippen molar-refractivity contribution in [1.29, 1.82) is 0 Å². The van der Waals surface area contributed by atoms with Crippen LogP contribution in [0.5, 0.6) is 34.5 Å². The molecule has 0 atom stereocenters. The molecular formula is C60H66N6O6Pt3. The summed E-state index contributed by atoms with van der Waals surface area (Å²) >= 11 is 0. The average Bonchev–Trinajstić information content (AvgIpc) is 3.33. The van der Waals surface area contributed by atoms with E-state index in [9.17, 15) is 30.6 Å². The van der Waals surface area contributed by atoms with Crippen LogP contribution in [0.2, 0.25) is 0 Å². The Morgan fingerprint density at radius 3 is 0.440 bits per heavy atom. The van der Waals surface area contributed by atoms with Crippen molar-refractivity contribution < 1.29 is 93.8 Å².